The number of halogens is 1. The topological polar surface area (TPSA) is 26.0 Å². The second kappa shape index (κ2) is 6.22. The minimum absolute atomic E-state index is 0.0797. The van der Waals surface area contributed by atoms with Crippen LogP contribution in [-0.2, 0) is 0 Å². The summed E-state index contributed by atoms with van der Waals surface area (Å²) in [6.45, 7) is 4.16. The molecule has 0 aliphatic carbocycles. The number of hydrogen-bond donors (Lipinski definition) is 1. The molecule has 0 amide bonds. The molecule has 0 radical (unpaired) electrons. The van der Waals surface area contributed by atoms with E-state index in [1.165, 1.54) is 29.0 Å². The van der Waals surface area contributed by atoms with Crippen molar-refractivity contribution in [2.75, 3.05) is 5.75 Å². The van der Waals surface area contributed by atoms with Crippen molar-refractivity contribution in [3.8, 4) is 0 Å². The van der Waals surface area contributed by atoms with Crippen molar-refractivity contribution in [3.63, 3.8) is 0 Å². The van der Waals surface area contributed by atoms with Gasteiger partial charge in [-0.25, -0.2) is 4.39 Å². The molecule has 0 heterocycles. The van der Waals surface area contributed by atoms with Crippen LogP contribution in [0.3, 0.4) is 0 Å². The molecule has 0 fully saturated rings. The fraction of sp³-hybridized carbons (Fsp3) is 0.250. The van der Waals surface area contributed by atoms with Gasteiger partial charge in [-0.05, 0) is 42.7 Å². The molecule has 2 rings (SSSR count). The van der Waals surface area contributed by atoms with E-state index in [1.54, 1.807) is 12.1 Å². The van der Waals surface area contributed by atoms with E-state index >= 15 is 0 Å². The Bertz CT molecular complexity index is 568. The molecule has 0 aromatic heterocycles. The maximum absolute atomic E-state index is 13.5. The Morgan fingerprint density at radius 2 is 1.84 bits per heavy atom. The predicted octanol–water partition coefficient (Wildman–Crippen LogP) is 4.23. The van der Waals surface area contributed by atoms with Crippen LogP contribution in [0.4, 0.5) is 4.39 Å². The number of thioether (sulfide) groups is 1. The summed E-state index contributed by atoms with van der Waals surface area (Å²) in [5, 5.41) is 0. The highest BCUT2D eigenvalue weighted by molar-refractivity contribution is 7.99. The predicted molar refractivity (Wildman–Crippen MR) is 80.0 cm³/mol. The van der Waals surface area contributed by atoms with Crippen molar-refractivity contribution in [2.45, 2.75) is 24.8 Å². The highest BCUT2D eigenvalue weighted by Crippen LogP contribution is 2.26. The Morgan fingerprint density at radius 3 is 2.53 bits per heavy atom. The molecule has 19 heavy (non-hydrogen) atoms. The van der Waals surface area contributed by atoms with Gasteiger partial charge in [0.1, 0.15) is 5.82 Å². The van der Waals surface area contributed by atoms with E-state index in [2.05, 4.69) is 32.0 Å². The first kappa shape index (κ1) is 14.1. The van der Waals surface area contributed by atoms with E-state index in [9.17, 15) is 4.39 Å². The van der Waals surface area contributed by atoms with Crippen molar-refractivity contribution >= 4 is 11.8 Å². The summed E-state index contributed by atoms with van der Waals surface area (Å²) in [7, 11) is 0. The van der Waals surface area contributed by atoms with Gasteiger partial charge >= 0.3 is 0 Å². The zero-order valence-electron chi connectivity index (χ0n) is 11.2. The van der Waals surface area contributed by atoms with E-state index < -0.39 is 0 Å². The SMILES string of the molecule is Cc1ccc(C(N)CSc2ccccc2F)cc1C. The number of rotatable bonds is 4. The lowest BCUT2D eigenvalue weighted by Crippen LogP contribution is -2.13. The minimum atomic E-state index is -0.181. The van der Waals surface area contributed by atoms with Gasteiger partial charge in [0.25, 0.3) is 0 Å². The van der Waals surface area contributed by atoms with Crippen molar-refractivity contribution < 1.29 is 4.39 Å². The van der Waals surface area contributed by atoms with Gasteiger partial charge in [-0.15, -0.1) is 11.8 Å². The van der Waals surface area contributed by atoms with Gasteiger partial charge in [-0.1, -0.05) is 30.3 Å². The number of hydrogen-bond acceptors (Lipinski definition) is 2. The second-order valence-corrected chi connectivity index (χ2v) is 5.75. The van der Waals surface area contributed by atoms with Gasteiger partial charge in [-0.3, -0.25) is 0 Å². The summed E-state index contributed by atoms with van der Waals surface area (Å²) in [6.07, 6.45) is 0. The zero-order chi connectivity index (χ0) is 13.8. The first-order valence-corrected chi connectivity index (χ1v) is 7.26. The first-order valence-electron chi connectivity index (χ1n) is 6.28. The van der Waals surface area contributed by atoms with Crippen molar-refractivity contribution in [1.82, 2.24) is 0 Å². The van der Waals surface area contributed by atoms with Crippen LogP contribution in [0.5, 0.6) is 0 Å². The smallest absolute Gasteiger partial charge is 0.136 e. The summed E-state index contributed by atoms with van der Waals surface area (Å²) in [5.41, 5.74) is 9.77. The van der Waals surface area contributed by atoms with Crippen LogP contribution in [0.1, 0.15) is 22.7 Å². The molecular formula is C16H18FNS. The molecule has 1 nitrogen and oxygen atoms in total. The highest BCUT2D eigenvalue weighted by Gasteiger charge is 2.09. The van der Waals surface area contributed by atoms with Crippen LogP contribution in [0.25, 0.3) is 0 Å². The molecule has 1 unspecified atom stereocenters. The normalized spacial score (nSPS) is 12.4. The van der Waals surface area contributed by atoms with Gasteiger partial charge in [0, 0.05) is 16.7 Å². The van der Waals surface area contributed by atoms with Crippen LogP contribution in [0, 0.1) is 19.7 Å². The molecule has 100 valence electrons. The Morgan fingerprint density at radius 1 is 1.11 bits per heavy atom. The van der Waals surface area contributed by atoms with Crippen LogP contribution < -0.4 is 5.73 Å². The summed E-state index contributed by atoms with van der Waals surface area (Å²) < 4.78 is 13.5. The Labute approximate surface area is 118 Å². The molecule has 0 aliphatic heterocycles. The molecular weight excluding hydrogens is 257 g/mol. The highest BCUT2D eigenvalue weighted by atomic mass is 32.2. The van der Waals surface area contributed by atoms with Crippen LogP contribution >= 0.6 is 11.8 Å². The fourth-order valence-electron chi connectivity index (χ4n) is 1.83. The first-order chi connectivity index (χ1) is 9.08. The molecule has 2 aromatic rings. The Balaban J connectivity index is 2.03. The Kier molecular flexibility index (Phi) is 4.61. The lowest BCUT2D eigenvalue weighted by atomic mass is 10.0. The summed E-state index contributed by atoms with van der Waals surface area (Å²) >= 11 is 1.46. The maximum atomic E-state index is 13.5. The number of benzene rings is 2. The van der Waals surface area contributed by atoms with E-state index in [0.29, 0.717) is 10.6 Å². The third-order valence-corrected chi connectivity index (χ3v) is 4.38. The van der Waals surface area contributed by atoms with Gasteiger partial charge < -0.3 is 5.73 Å². The van der Waals surface area contributed by atoms with Gasteiger partial charge in [0.05, 0.1) is 0 Å². The molecule has 1 atom stereocenters. The fourth-order valence-corrected chi connectivity index (χ4v) is 2.77. The van der Waals surface area contributed by atoms with Crippen molar-refractivity contribution in [2.24, 2.45) is 5.73 Å². The lowest BCUT2D eigenvalue weighted by Gasteiger charge is -2.13. The lowest BCUT2D eigenvalue weighted by molar-refractivity contribution is 0.602. The quantitative estimate of drug-likeness (QED) is 0.845. The van der Waals surface area contributed by atoms with Gasteiger partial charge in [0.2, 0.25) is 0 Å². The van der Waals surface area contributed by atoms with Gasteiger partial charge in [-0.2, -0.15) is 0 Å². The largest absolute Gasteiger partial charge is 0.323 e. The molecule has 0 spiro atoms. The number of nitrogens with two attached hydrogens (primary N) is 1. The molecule has 3 heteroatoms. The summed E-state index contributed by atoms with van der Waals surface area (Å²) in [6, 6.07) is 13.0. The van der Waals surface area contributed by atoms with Crippen LogP contribution in [-0.4, -0.2) is 5.75 Å². The zero-order valence-corrected chi connectivity index (χ0v) is 12.0. The van der Waals surface area contributed by atoms with Crippen LogP contribution in [0.15, 0.2) is 47.4 Å². The third kappa shape index (κ3) is 3.58. The molecule has 0 bridgehead atoms. The number of aryl methyl sites for hydroxylation is 2. The summed E-state index contributed by atoms with van der Waals surface area (Å²) in [5.74, 6) is 0.489. The monoisotopic (exact) mass is 275 g/mol. The average Bonchev–Trinajstić information content (AvgIpc) is 2.40. The van der Waals surface area contributed by atoms with Crippen molar-refractivity contribution in [3.05, 3.63) is 65.0 Å². The van der Waals surface area contributed by atoms with E-state index in [0.717, 1.165) is 5.56 Å². The standard InChI is InChI=1S/C16H18FNS/c1-11-7-8-13(9-12(11)2)15(18)10-19-16-6-4-3-5-14(16)17/h3-9,15H,10,18H2,1-2H3. The molecule has 0 aliphatic rings. The van der Waals surface area contributed by atoms with Crippen LogP contribution in [0.2, 0.25) is 0 Å². The maximum Gasteiger partial charge on any atom is 0.136 e. The second-order valence-electron chi connectivity index (χ2n) is 4.69. The Hall–Kier alpha value is -1.32. The minimum Gasteiger partial charge on any atom is -0.323 e. The average molecular weight is 275 g/mol. The molecule has 2 aromatic carbocycles. The third-order valence-electron chi connectivity index (χ3n) is 3.21. The van der Waals surface area contributed by atoms with Gasteiger partial charge in [0.15, 0.2) is 0 Å². The van der Waals surface area contributed by atoms with E-state index in [4.69, 9.17) is 5.73 Å². The molecule has 0 saturated carbocycles. The van der Waals surface area contributed by atoms with E-state index in [-0.39, 0.29) is 11.9 Å². The summed E-state index contributed by atoms with van der Waals surface area (Å²) in [4.78, 5) is 0.654. The van der Waals surface area contributed by atoms with Crippen molar-refractivity contribution in [1.29, 1.82) is 0 Å². The molecule has 2 N–H and O–H groups in total. The van der Waals surface area contributed by atoms with E-state index in [1.807, 2.05) is 6.07 Å². The molecule has 0 saturated heterocycles.